The highest BCUT2D eigenvalue weighted by Crippen LogP contribution is 2.27. The number of amides is 2. The highest BCUT2D eigenvalue weighted by molar-refractivity contribution is 5.99. The third-order valence-corrected chi connectivity index (χ3v) is 6.47. The maximum absolute atomic E-state index is 13.4. The van der Waals surface area contributed by atoms with E-state index in [0.717, 1.165) is 19.5 Å². The average Bonchev–Trinajstić information content (AvgIpc) is 2.85. The Morgan fingerprint density at radius 2 is 1.94 bits per heavy atom. The van der Waals surface area contributed by atoms with Gasteiger partial charge in [0.25, 0.3) is 5.91 Å². The van der Waals surface area contributed by atoms with Gasteiger partial charge in [0.15, 0.2) is 0 Å². The van der Waals surface area contributed by atoms with Gasteiger partial charge in [-0.3, -0.25) is 19.5 Å². The lowest BCUT2D eigenvalue weighted by Gasteiger charge is -2.36. The largest absolute Gasteiger partial charge is 0.491 e. The van der Waals surface area contributed by atoms with E-state index in [4.69, 9.17) is 9.47 Å². The number of carbonyl (C=O) groups is 2. The van der Waals surface area contributed by atoms with Gasteiger partial charge in [0.2, 0.25) is 5.91 Å². The molecule has 1 aliphatic heterocycles. The zero-order chi connectivity index (χ0) is 25.4. The molecule has 2 heterocycles. The third kappa shape index (κ3) is 7.26. The minimum Gasteiger partial charge on any atom is -0.491 e. The Bertz CT molecular complexity index is 984. The molecular formula is C27H38N4O4. The monoisotopic (exact) mass is 482 g/mol. The Hall–Kier alpha value is -2.97. The predicted molar refractivity (Wildman–Crippen MR) is 137 cm³/mol. The lowest BCUT2D eigenvalue weighted by Crippen LogP contribution is -2.46. The molecular weight excluding hydrogens is 444 g/mol. The van der Waals surface area contributed by atoms with Crippen molar-refractivity contribution in [2.45, 2.75) is 52.3 Å². The molecule has 0 radical (unpaired) electrons. The highest BCUT2D eigenvalue weighted by Gasteiger charge is 2.28. The summed E-state index contributed by atoms with van der Waals surface area (Å²) in [7, 11) is 3.47. The van der Waals surface area contributed by atoms with Crippen molar-refractivity contribution in [2.24, 2.45) is 5.92 Å². The molecule has 2 amide bonds. The van der Waals surface area contributed by atoms with Gasteiger partial charge in [0.1, 0.15) is 12.4 Å². The molecule has 0 spiro atoms. The SMILES string of the molecule is CCCC(=O)Nc1ccc2c(c1)C(=O)N(C)C[C@H](OC)[C@H](C)CN(Cc1ccncc1)[C@H](C)CO2. The lowest BCUT2D eigenvalue weighted by molar-refractivity contribution is -0.116. The van der Waals surface area contributed by atoms with Crippen LogP contribution in [0.15, 0.2) is 42.7 Å². The molecule has 35 heavy (non-hydrogen) atoms. The van der Waals surface area contributed by atoms with Crippen molar-refractivity contribution in [1.82, 2.24) is 14.8 Å². The summed E-state index contributed by atoms with van der Waals surface area (Å²) in [6, 6.07) is 9.40. The number of hydrogen-bond donors (Lipinski definition) is 1. The molecule has 1 aromatic carbocycles. The summed E-state index contributed by atoms with van der Waals surface area (Å²) >= 11 is 0. The number of pyridine rings is 1. The Morgan fingerprint density at radius 3 is 2.63 bits per heavy atom. The molecule has 8 heteroatoms. The quantitative estimate of drug-likeness (QED) is 0.674. The average molecular weight is 483 g/mol. The number of rotatable bonds is 6. The number of nitrogens with one attached hydrogen (secondary N) is 1. The Morgan fingerprint density at radius 1 is 1.20 bits per heavy atom. The van der Waals surface area contributed by atoms with Crippen LogP contribution in [0.5, 0.6) is 5.75 Å². The van der Waals surface area contributed by atoms with Crippen LogP contribution in [-0.2, 0) is 16.1 Å². The maximum Gasteiger partial charge on any atom is 0.257 e. The first-order valence-corrected chi connectivity index (χ1v) is 12.3. The van der Waals surface area contributed by atoms with Crippen LogP contribution in [0.3, 0.4) is 0 Å². The molecule has 1 aliphatic rings. The number of aromatic nitrogens is 1. The molecule has 0 bridgehead atoms. The molecule has 0 unspecified atom stereocenters. The molecule has 1 N–H and O–H groups in total. The van der Waals surface area contributed by atoms with E-state index in [1.165, 1.54) is 5.56 Å². The molecule has 8 nitrogen and oxygen atoms in total. The summed E-state index contributed by atoms with van der Waals surface area (Å²) in [6.45, 7) is 8.66. The first kappa shape index (κ1) is 26.6. The second-order valence-corrected chi connectivity index (χ2v) is 9.39. The van der Waals surface area contributed by atoms with Gasteiger partial charge in [-0.1, -0.05) is 13.8 Å². The Labute approximate surface area is 208 Å². The summed E-state index contributed by atoms with van der Waals surface area (Å²) in [5, 5.41) is 2.88. The van der Waals surface area contributed by atoms with Crippen molar-refractivity contribution in [3.8, 4) is 5.75 Å². The number of likely N-dealkylation sites (N-methyl/N-ethyl adjacent to an activating group) is 1. The van der Waals surface area contributed by atoms with Crippen LogP contribution < -0.4 is 10.1 Å². The molecule has 3 rings (SSSR count). The molecule has 0 aliphatic carbocycles. The van der Waals surface area contributed by atoms with E-state index < -0.39 is 0 Å². The summed E-state index contributed by atoms with van der Waals surface area (Å²) in [6.07, 6.45) is 4.67. The van der Waals surface area contributed by atoms with Crippen LogP contribution in [0.25, 0.3) is 0 Å². The molecule has 3 atom stereocenters. The summed E-state index contributed by atoms with van der Waals surface area (Å²) < 4.78 is 12.0. The van der Waals surface area contributed by atoms with Gasteiger partial charge < -0.3 is 19.7 Å². The fourth-order valence-electron chi connectivity index (χ4n) is 4.32. The van der Waals surface area contributed by atoms with Crippen LogP contribution >= 0.6 is 0 Å². The minimum atomic E-state index is -0.164. The van der Waals surface area contributed by atoms with Crippen LogP contribution in [-0.4, -0.2) is 72.6 Å². The first-order chi connectivity index (χ1) is 16.8. The van der Waals surface area contributed by atoms with Crippen LogP contribution in [0.1, 0.15) is 49.5 Å². The highest BCUT2D eigenvalue weighted by atomic mass is 16.5. The lowest BCUT2D eigenvalue weighted by atomic mass is 10.0. The van der Waals surface area contributed by atoms with Gasteiger partial charge in [-0.15, -0.1) is 0 Å². The van der Waals surface area contributed by atoms with Gasteiger partial charge >= 0.3 is 0 Å². The molecule has 2 aromatic rings. The zero-order valence-electron chi connectivity index (χ0n) is 21.5. The summed E-state index contributed by atoms with van der Waals surface area (Å²) in [5.41, 5.74) is 2.20. The second-order valence-electron chi connectivity index (χ2n) is 9.39. The van der Waals surface area contributed by atoms with Crippen LogP contribution in [0.2, 0.25) is 0 Å². The van der Waals surface area contributed by atoms with Crippen molar-refractivity contribution in [3.63, 3.8) is 0 Å². The molecule has 0 saturated carbocycles. The molecule has 0 fully saturated rings. The standard InChI is InChI=1S/C27H38N4O4/c1-6-7-26(32)29-22-8-9-24-23(14-22)27(33)30(4)17-25(34-5)19(2)15-31(20(3)18-35-24)16-21-10-12-28-13-11-21/h8-14,19-20,25H,6-7,15-18H2,1-5H3,(H,29,32)/t19-,20-,25+/m1/s1. The minimum absolute atomic E-state index is 0.0732. The number of anilines is 1. The smallest absolute Gasteiger partial charge is 0.257 e. The number of carbonyl (C=O) groups excluding carboxylic acids is 2. The number of methoxy groups -OCH3 is 1. The normalized spacial score (nSPS) is 21.9. The van der Waals surface area contributed by atoms with E-state index in [0.29, 0.717) is 36.6 Å². The first-order valence-electron chi connectivity index (χ1n) is 12.3. The van der Waals surface area contributed by atoms with Gasteiger partial charge in [0, 0.05) is 64.3 Å². The number of hydrogen-bond acceptors (Lipinski definition) is 6. The van der Waals surface area contributed by atoms with Gasteiger partial charge in [0.05, 0.1) is 11.7 Å². The predicted octanol–water partition coefficient (Wildman–Crippen LogP) is 3.83. The number of ether oxygens (including phenoxy) is 2. The van der Waals surface area contributed by atoms with E-state index in [2.05, 4.69) is 29.0 Å². The summed E-state index contributed by atoms with van der Waals surface area (Å²) in [5.74, 6) is 0.449. The summed E-state index contributed by atoms with van der Waals surface area (Å²) in [4.78, 5) is 33.7. The van der Waals surface area contributed by atoms with Gasteiger partial charge in [-0.05, 0) is 55.2 Å². The molecule has 0 saturated heterocycles. The third-order valence-electron chi connectivity index (χ3n) is 6.47. The van der Waals surface area contributed by atoms with Crippen molar-refractivity contribution < 1.29 is 19.1 Å². The van der Waals surface area contributed by atoms with Crippen molar-refractivity contribution in [3.05, 3.63) is 53.9 Å². The number of nitrogens with zero attached hydrogens (tertiary/aromatic N) is 3. The van der Waals surface area contributed by atoms with Gasteiger partial charge in [-0.25, -0.2) is 0 Å². The van der Waals surface area contributed by atoms with Crippen LogP contribution in [0.4, 0.5) is 5.69 Å². The fraction of sp³-hybridized carbons (Fsp3) is 0.519. The van der Waals surface area contributed by atoms with E-state index in [1.807, 2.05) is 31.5 Å². The van der Waals surface area contributed by atoms with Gasteiger partial charge in [-0.2, -0.15) is 0 Å². The Kier molecular flexibility index (Phi) is 9.63. The topological polar surface area (TPSA) is 84.0 Å². The Balaban J connectivity index is 1.92. The second kappa shape index (κ2) is 12.7. The van der Waals surface area contributed by atoms with Crippen molar-refractivity contribution in [1.29, 1.82) is 0 Å². The number of benzene rings is 1. The zero-order valence-corrected chi connectivity index (χ0v) is 21.5. The van der Waals surface area contributed by atoms with E-state index in [-0.39, 0.29) is 29.9 Å². The fourth-order valence-corrected chi connectivity index (χ4v) is 4.32. The maximum atomic E-state index is 13.4. The van der Waals surface area contributed by atoms with E-state index in [1.54, 1.807) is 37.3 Å². The molecule has 1 aromatic heterocycles. The van der Waals surface area contributed by atoms with Crippen molar-refractivity contribution >= 4 is 17.5 Å². The van der Waals surface area contributed by atoms with E-state index >= 15 is 0 Å². The van der Waals surface area contributed by atoms with Crippen molar-refractivity contribution in [2.75, 3.05) is 39.2 Å². The van der Waals surface area contributed by atoms with Crippen LogP contribution in [0, 0.1) is 5.92 Å². The van der Waals surface area contributed by atoms with E-state index in [9.17, 15) is 9.59 Å². The number of fused-ring (bicyclic) bond motifs is 1. The molecule has 190 valence electrons.